The molecule has 210 valence electrons. The Balaban J connectivity index is 1.41. The molecule has 0 radical (unpaired) electrons. The number of imidazole rings is 1. The molecule has 1 fully saturated rings. The number of nitrogens with zero attached hydrogens (tertiary/aromatic N) is 3. The third-order valence-electron chi connectivity index (χ3n) is 6.76. The lowest BCUT2D eigenvalue weighted by atomic mass is 10.0. The van der Waals surface area contributed by atoms with E-state index in [4.69, 9.17) is 16.3 Å². The van der Waals surface area contributed by atoms with Crippen LogP contribution in [0.2, 0.25) is 5.02 Å². The number of aromatic amines is 1. The zero-order valence-corrected chi connectivity index (χ0v) is 24.6. The number of rotatable bonds is 9. The van der Waals surface area contributed by atoms with Crippen LogP contribution in [0.1, 0.15) is 29.0 Å². The minimum atomic E-state index is -0.881. The van der Waals surface area contributed by atoms with E-state index >= 15 is 0 Å². The fourth-order valence-electron chi connectivity index (χ4n) is 4.54. The number of hydrogen-bond donors (Lipinski definition) is 2. The minimum Gasteiger partial charge on any atom is -0.484 e. The predicted molar refractivity (Wildman–Crippen MR) is 158 cm³/mol. The van der Waals surface area contributed by atoms with Gasteiger partial charge in [-0.05, 0) is 35.4 Å². The van der Waals surface area contributed by atoms with Crippen molar-refractivity contribution in [1.82, 2.24) is 25.1 Å². The number of carbonyl (C=O) groups is 3. The van der Waals surface area contributed by atoms with E-state index in [9.17, 15) is 14.4 Å². The normalized spacial score (nSPS) is 15.5. The molecule has 0 bridgehead atoms. The zero-order valence-electron chi connectivity index (χ0n) is 22.3. The number of nitrogens with one attached hydrogen (secondary N) is 2. The number of imide groups is 1. The van der Waals surface area contributed by atoms with Crippen LogP contribution in [0, 0.1) is 0 Å². The molecule has 9 nitrogen and oxygen atoms in total. The van der Waals surface area contributed by atoms with Crippen LogP contribution in [0.15, 0.2) is 83.5 Å². The van der Waals surface area contributed by atoms with Gasteiger partial charge in [-0.3, -0.25) is 14.5 Å². The second-order valence-electron chi connectivity index (χ2n) is 9.75. The molecule has 2 heterocycles. The van der Waals surface area contributed by atoms with E-state index in [0.29, 0.717) is 34.3 Å². The summed E-state index contributed by atoms with van der Waals surface area (Å²) in [5.74, 6) is 0.374. The third-order valence-corrected chi connectivity index (χ3v) is 7.57. The van der Waals surface area contributed by atoms with Crippen LogP contribution in [0.3, 0.4) is 0 Å². The van der Waals surface area contributed by atoms with Gasteiger partial charge in [0.05, 0.1) is 16.9 Å². The highest BCUT2D eigenvalue weighted by Gasteiger charge is 2.44. The number of benzene rings is 3. The molecule has 1 aliphatic rings. The Bertz CT molecular complexity index is 1580. The summed E-state index contributed by atoms with van der Waals surface area (Å²) in [6.07, 6.45) is 2.01. The van der Waals surface area contributed by atoms with Gasteiger partial charge in [-0.2, -0.15) is 0 Å². The number of likely N-dealkylation sites (N-methyl/N-ethyl adjacent to an activating group) is 1. The van der Waals surface area contributed by atoms with E-state index in [-0.39, 0.29) is 12.5 Å². The Morgan fingerprint density at radius 1 is 1.10 bits per heavy atom. The maximum Gasteiger partial charge on any atom is 0.325 e. The summed E-state index contributed by atoms with van der Waals surface area (Å²) in [7, 11) is 3.30. The molecule has 41 heavy (non-hydrogen) atoms. The summed E-state index contributed by atoms with van der Waals surface area (Å²) in [4.78, 5) is 49.4. The van der Waals surface area contributed by atoms with Gasteiger partial charge in [0, 0.05) is 30.6 Å². The fourth-order valence-corrected chi connectivity index (χ4v) is 5.32. The van der Waals surface area contributed by atoms with Crippen molar-refractivity contribution in [2.45, 2.75) is 18.5 Å². The van der Waals surface area contributed by atoms with Crippen LogP contribution in [0.25, 0.3) is 11.3 Å². The van der Waals surface area contributed by atoms with E-state index < -0.39 is 24.0 Å². The molecular formula is C30H27BrClN5O4. The lowest BCUT2D eigenvalue weighted by molar-refractivity contribution is -0.131. The lowest BCUT2D eigenvalue weighted by Gasteiger charge is -2.24. The SMILES string of the molecule is CN(C)C(=O)COc1ccc(C2NC(=O)N([C@H](Cc3ccccc3)c3ncc(-c4ccc(Br)cc4Cl)[nH]3)C2=O)cc1. The standard InChI is InChI=1S/C30H27BrClN5O4/c1-36(2)26(38)17-41-21-11-8-19(9-12-21)27-29(39)37(30(40)35-27)25(14-18-6-4-3-5-7-18)28-33-16-24(34-28)22-13-10-20(31)15-23(22)32/h3-13,15-16,25,27H,14,17H2,1-2H3,(H,33,34)(H,35,40)/t25-,27?/m1/s1. The number of amides is 4. The van der Waals surface area contributed by atoms with Crippen molar-refractivity contribution >= 4 is 45.4 Å². The highest BCUT2D eigenvalue weighted by molar-refractivity contribution is 9.10. The smallest absolute Gasteiger partial charge is 0.325 e. The maximum atomic E-state index is 13.8. The molecular weight excluding hydrogens is 610 g/mol. The third kappa shape index (κ3) is 6.28. The molecule has 0 aliphatic carbocycles. The Morgan fingerprint density at radius 3 is 2.51 bits per heavy atom. The highest BCUT2D eigenvalue weighted by Crippen LogP contribution is 2.34. The van der Waals surface area contributed by atoms with Gasteiger partial charge in [-0.15, -0.1) is 0 Å². The van der Waals surface area contributed by atoms with Crippen molar-refractivity contribution in [2.75, 3.05) is 20.7 Å². The first-order valence-corrected chi connectivity index (χ1v) is 14.0. The first-order valence-electron chi connectivity index (χ1n) is 12.8. The van der Waals surface area contributed by atoms with Crippen molar-refractivity contribution < 1.29 is 19.1 Å². The van der Waals surface area contributed by atoms with Crippen LogP contribution < -0.4 is 10.1 Å². The van der Waals surface area contributed by atoms with Gasteiger partial charge in [-0.1, -0.05) is 76.1 Å². The summed E-state index contributed by atoms with van der Waals surface area (Å²) in [5, 5.41) is 3.34. The number of H-pyrrole nitrogens is 1. The predicted octanol–water partition coefficient (Wildman–Crippen LogP) is 5.54. The summed E-state index contributed by atoms with van der Waals surface area (Å²) < 4.78 is 6.38. The molecule has 4 aromatic rings. The molecule has 2 N–H and O–H groups in total. The Kier molecular flexibility index (Phi) is 8.41. The van der Waals surface area contributed by atoms with Gasteiger partial charge in [0.1, 0.15) is 23.7 Å². The average Bonchev–Trinajstić information content (AvgIpc) is 3.55. The number of ether oxygens (including phenoxy) is 1. The highest BCUT2D eigenvalue weighted by atomic mass is 79.9. The molecule has 1 aromatic heterocycles. The van der Waals surface area contributed by atoms with Crippen LogP contribution in [0.4, 0.5) is 4.79 Å². The molecule has 1 aliphatic heterocycles. The van der Waals surface area contributed by atoms with E-state index in [0.717, 1.165) is 15.6 Å². The van der Waals surface area contributed by atoms with Gasteiger partial charge >= 0.3 is 6.03 Å². The van der Waals surface area contributed by atoms with Crippen LogP contribution in [-0.2, 0) is 16.0 Å². The van der Waals surface area contributed by atoms with E-state index in [1.165, 1.54) is 9.80 Å². The monoisotopic (exact) mass is 635 g/mol. The summed E-state index contributed by atoms with van der Waals surface area (Å²) >= 11 is 9.89. The first-order chi connectivity index (χ1) is 19.7. The number of hydrogen-bond acceptors (Lipinski definition) is 5. The van der Waals surface area contributed by atoms with Crippen LogP contribution >= 0.6 is 27.5 Å². The van der Waals surface area contributed by atoms with Crippen molar-refractivity contribution in [3.8, 4) is 17.0 Å². The van der Waals surface area contributed by atoms with Gasteiger partial charge in [0.2, 0.25) is 0 Å². The summed E-state index contributed by atoms with van der Waals surface area (Å²) in [5.41, 5.74) is 2.95. The number of halogens is 2. The lowest BCUT2D eigenvalue weighted by Crippen LogP contribution is -2.36. The Labute approximate surface area is 250 Å². The molecule has 11 heteroatoms. The van der Waals surface area contributed by atoms with Crippen molar-refractivity contribution in [3.63, 3.8) is 0 Å². The summed E-state index contributed by atoms with van der Waals surface area (Å²) in [6, 6.07) is 19.8. The Morgan fingerprint density at radius 2 is 1.83 bits per heavy atom. The van der Waals surface area contributed by atoms with Gasteiger partial charge in [0.15, 0.2) is 6.61 Å². The molecule has 4 amide bonds. The number of carbonyl (C=O) groups excluding carboxylic acids is 3. The molecule has 0 spiro atoms. The number of aromatic nitrogens is 2. The van der Waals surface area contributed by atoms with Gasteiger partial charge in [0.25, 0.3) is 11.8 Å². The molecule has 1 saturated heterocycles. The van der Waals surface area contributed by atoms with E-state index in [2.05, 4.69) is 31.2 Å². The van der Waals surface area contributed by atoms with Gasteiger partial charge < -0.3 is 19.9 Å². The van der Waals surface area contributed by atoms with Gasteiger partial charge in [-0.25, -0.2) is 9.78 Å². The largest absolute Gasteiger partial charge is 0.484 e. The van der Waals surface area contributed by atoms with Crippen LogP contribution in [-0.4, -0.2) is 58.3 Å². The summed E-state index contributed by atoms with van der Waals surface area (Å²) in [6.45, 7) is -0.100. The quantitative estimate of drug-likeness (QED) is 0.235. The molecule has 1 unspecified atom stereocenters. The first kappa shape index (κ1) is 28.4. The van der Waals surface area contributed by atoms with Crippen molar-refractivity contribution in [2.24, 2.45) is 0 Å². The topological polar surface area (TPSA) is 108 Å². The second kappa shape index (κ2) is 12.2. The fraction of sp³-hybridized carbons (Fsp3) is 0.200. The molecule has 0 saturated carbocycles. The van der Waals surface area contributed by atoms with E-state index in [1.54, 1.807) is 50.6 Å². The van der Waals surface area contributed by atoms with Crippen LogP contribution in [0.5, 0.6) is 5.75 Å². The van der Waals surface area contributed by atoms with Crippen molar-refractivity contribution in [1.29, 1.82) is 0 Å². The van der Waals surface area contributed by atoms with E-state index in [1.807, 2.05) is 42.5 Å². The molecule has 3 aromatic carbocycles. The minimum absolute atomic E-state index is 0.100. The average molecular weight is 637 g/mol. The number of urea groups is 1. The second-order valence-corrected chi connectivity index (χ2v) is 11.1. The molecule has 2 atom stereocenters. The maximum absolute atomic E-state index is 13.8. The Hall–Kier alpha value is -4.15. The zero-order chi connectivity index (χ0) is 29.1. The van der Waals surface area contributed by atoms with Crippen molar-refractivity contribution in [3.05, 3.63) is 105 Å². The molecule has 5 rings (SSSR count).